The second-order valence-corrected chi connectivity index (χ2v) is 6.02. The number of carbonyl (C=O) groups excluding carboxylic acids is 1. The zero-order valence-corrected chi connectivity index (χ0v) is 11.7. The smallest absolute Gasteiger partial charge is 0.198 e. The van der Waals surface area contributed by atoms with Crippen LogP contribution in [0.25, 0.3) is 0 Å². The molecule has 19 heavy (non-hydrogen) atoms. The van der Waals surface area contributed by atoms with Crippen LogP contribution >= 0.6 is 15.9 Å². The van der Waals surface area contributed by atoms with Gasteiger partial charge in [-0.25, -0.2) is 0 Å². The molecule has 1 aliphatic heterocycles. The number of halogens is 1. The first-order valence-corrected chi connectivity index (χ1v) is 7.06. The molecular formula is C16H11BrO2. The number of ketones is 1. The summed E-state index contributed by atoms with van der Waals surface area (Å²) in [4.78, 5) is 12.5. The summed E-state index contributed by atoms with van der Waals surface area (Å²) in [6.45, 7) is 0. The average Bonchev–Trinajstić information content (AvgIpc) is 3.07. The number of Topliss-reactive ketones (excluding diaryl/α,β-unsaturated/α-hetero) is 1. The van der Waals surface area contributed by atoms with E-state index in [1.165, 1.54) is 0 Å². The van der Waals surface area contributed by atoms with Gasteiger partial charge in [0.1, 0.15) is 6.10 Å². The predicted molar refractivity (Wildman–Crippen MR) is 75.2 cm³/mol. The Labute approximate surface area is 119 Å². The first kappa shape index (κ1) is 11.4. The summed E-state index contributed by atoms with van der Waals surface area (Å²) in [7, 11) is 0. The van der Waals surface area contributed by atoms with Crippen molar-refractivity contribution in [3.05, 3.63) is 69.7 Å². The van der Waals surface area contributed by atoms with Gasteiger partial charge in [0.2, 0.25) is 0 Å². The minimum atomic E-state index is -0.627. The standard InChI is InChI=1S/C16H11BrO2/c17-12-7-5-10(6-8-12)15-16(19-15)9-11-3-1-2-4-13(11)14(16)18/h1-8,15H,9H2/t15-,16+/m1/s1. The van der Waals surface area contributed by atoms with Gasteiger partial charge in [0.05, 0.1) is 0 Å². The van der Waals surface area contributed by atoms with Crippen molar-refractivity contribution in [3.63, 3.8) is 0 Å². The van der Waals surface area contributed by atoms with Gasteiger partial charge in [-0.05, 0) is 23.3 Å². The lowest BCUT2D eigenvalue weighted by Crippen LogP contribution is -2.20. The maximum atomic E-state index is 12.5. The van der Waals surface area contributed by atoms with E-state index >= 15 is 0 Å². The highest BCUT2D eigenvalue weighted by Gasteiger charge is 2.65. The highest BCUT2D eigenvalue weighted by atomic mass is 79.9. The van der Waals surface area contributed by atoms with Gasteiger partial charge in [-0.1, -0.05) is 52.3 Å². The van der Waals surface area contributed by atoms with Crippen LogP contribution in [0.15, 0.2) is 53.0 Å². The van der Waals surface area contributed by atoms with Crippen LogP contribution in [-0.4, -0.2) is 11.4 Å². The van der Waals surface area contributed by atoms with E-state index in [1.807, 2.05) is 48.5 Å². The second kappa shape index (κ2) is 3.78. The lowest BCUT2D eigenvalue weighted by Gasteiger charge is -2.01. The summed E-state index contributed by atoms with van der Waals surface area (Å²) >= 11 is 3.42. The number of hydrogen-bond acceptors (Lipinski definition) is 2. The third kappa shape index (κ3) is 1.55. The molecule has 2 aliphatic rings. The van der Waals surface area contributed by atoms with E-state index in [1.54, 1.807) is 0 Å². The van der Waals surface area contributed by atoms with Gasteiger partial charge < -0.3 is 4.74 Å². The molecule has 2 nitrogen and oxygen atoms in total. The highest BCUT2D eigenvalue weighted by molar-refractivity contribution is 9.10. The molecule has 2 aromatic carbocycles. The van der Waals surface area contributed by atoms with Crippen molar-refractivity contribution < 1.29 is 9.53 Å². The lowest BCUT2D eigenvalue weighted by atomic mass is 9.96. The molecule has 1 aliphatic carbocycles. The van der Waals surface area contributed by atoms with Gasteiger partial charge >= 0.3 is 0 Å². The molecule has 1 spiro atoms. The van der Waals surface area contributed by atoms with Crippen molar-refractivity contribution >= 4 is 21.7 Å². The minimum absolute atomic E-state index is 0.0968. The Morgan fingerprint density at radius 3 is 2.58 bits per heavy atom. The number of fused-ring (bicyclic) bond motifs is 1. The zero-order chi connectivity index (χ0) is 13.0. The van der Waals surface area contributed by atoms with Gasteiger partial charge in [0.15, 0.2) is 11.4 Å². The van der Waals surface area contributed by atoms with Crippen LogP contribution in [0.2, 0.25) is 0 Å². The van der Waals surface area contributed by atoms with Crippen LogP contribution < -0.4 is 0 Å². The molecule has 4 rings (SSSR count). The first-order chi connectivity index (χ1) is 9.21. The van der Waals surface area contributed by atoms with Gasteiger partial charge in [0, 0.05) is 16.5 Å². The van der Waals surface area contributed by atoms with E-state index in [0.29, 0.717) is 6.42 Å². The molecule has 94 valence electrons. The maximum absolute atomic E-state index is 12.5. The molecular weight excluding hydrogens is 304 g/mol. The second-order valence-electron chi connectivity index (χ2n) is 5.10. The molecule has 0 unspecified atom stereocenters. The number of hydrogen-bond donors (Lipinski definition) is 0. The van der Waals surface area contributed by atoms with Crippen molar-refractivity contribution in [3.8, 4) is 0 Å². The van der Waals surface area contributed by atoms with Crippen molar-refractivity contribution in [1.82, 2.24) is 0 Å². The van der Waals surface area contributed by atoms with Crippen LogP contribution in [-0.2, 0) is 11.2 Å². The number of rotatable bonds is 1. The molecule has 2 atom stereocenters. The molecule has 1 saturated heterocycles. The molecule has 0 aromatic heterocycles. The molecule has 0 saturated carbocycles. The molecule has 0 bridgehead atoms. The van der Waals surface area contributed by atoms with Crippen LogP contribution in [0.4, 0.5) is 0 Å². The third-order valence-electron chi connectivity index (χ3n) is 3.97. The molecule has 0 radical (unpaired) electrons. The summed E-state index contributed by atoms with van der Waals surface area (Å²) in [5.74, 6) is 0.135. The van der Waals surface area contributed by atoms with Crippen LogP contribution in [0, 0.1) is 0 Å². The monoisotopic (exact) mass is 314 g/mol. The van der Waals surface area contributed by atoms with Crippen molar-refractivity contribution in [2.24, 2.45) is 0 Å². The fourth-order valence-corrected chi connectivity index (χ4v) is 3.21. The summed E-state index contributed by atoms with van der Waals surface area (Å²) in [5, 5.41) is 0. The van der Waals surface area contributed by atoms with E-state index in [4.69, 9.17) is 4.74 Å². The largest absolute Gasteiger partial charge is 0.352 e. The zero-order valence-electron chi connectivity index (χ0n) is 10.1. The summed E-state index contributed by atoms with van der Waals surface area (Å²) in [5.41, 5.74) is 2.37. The van der Waals surface area contributed by atoms with Gasteiger partial charge in [0.25, 0.3) is 0 Å². The van der Waals surface area contributed by atoms with Crippen molar-refractivity contribution in [1.29, 1.82) is 0 Å². The number of ether oxygens (including phenoxy) is 1. The molecule has 2 aromatic rings. The molecule has 3 heteroatoms. The fourth-order valence-electron chi connectivity index (χ4n) is 2.95. The number of epoxide rings is 1. The Morgan fingerprint density at radius 1 is 1.11 bits per heavy atom. The average molecular weight is 315 g/mol. The minimum Gasteiger partial charge on any atom is -0.352 e. The van der Waals surface area contributed by atoms with Crippen LogP contribution in [0.5, 0.6) is 0 Å². The van der Waals surface area contributed by atoms with Crippen molar-refractivity contribution in [2.45, 2.75) is 18.1 Å². The number of carbonyl (C=O) groups is 1. The molecule has 0 amide bonds. The molecule has 1 heterocycles. The molecule has 1 fully saturated rings. The fraction of sp³-hybridized carbons (Fsp3) is 0.188. The van der Waals surface area contributed by atoms with Crippen LogP contribution in [0.3, 0.4) is 0 Å². The third-order valence-corrected chi connectivity index (χ3v) is 4.50. The molecule has 0 N–H and O–H groups in total. The Balaban J connectivity index is 1.70. The predicted octanol–water partition coefficient (Wildman–Crippen LogP) is 3.70. The summed E-state index contributed by atoms with van der Waals surface area (Å²) in [6, 6.07) is 15.8. The Hall–Kier alpha value is -1.45. The highest BCUT2D eigenvalue weighted by Crippen LogP contribution is 2.56. The first-order valence-electron chi connectivity index (χ1n) is 6.27. The topological polar surface area (TPSA) is 29.6 Å². The SMILES string of the molecule is O=C1c2ccccc2C[C@]12O[C@@H]2c1ccc(Br)cc1. The van der Waals surface area contributed by atoms with Gasteiger partial charge in [-0.15, -0.1) is 0 Å². The number of benzene rings is 2. The van der Waals surface area contributed by atoms with Gasteiger partial charge in [-0.3, -0.25) is 4.79 Å². The Bertz CT molecular complexity index is 677. The van der Waals surface area contributed by atoms with Crippen LogP contribution in [0.1, 0.15) is 27.6 Å². The van der Waals surface area contributed by atoms with E-state index in [-0.39, 0.29) is 11.9 Å². The normalized spacial score (nSPS) is 27.6. The summed E-state index contributed by atoms with van der Waals surface area (Å²) < 4.78 is 6.86. The quantitative estimate of drug-likeness (QED) is 0.751. The maximum Gasteiger partial charge on any atom is 0.198 e. The lowest BCUT2D eigenvalue weighted by molar-refractivity contribution is 0.0894. The van der Waals surface area contributed by atoms with Crippen molar-refractivity contribution in [2.75, 3.05) is 0 Å². The van der Waals surface area contributed by atoms with Gasteiger partial charge in [-0.2, -0.15) is 0 Å². The van der Waals surface area contributed by atoms with E-state index in [2.05, 4.69) is 15.9 Å². The Morgan fingerprint density at radius 2 is 1.84 bits per heavy atom. The Kier molecular flexibility index (Phi) is 2.26. The van der Waals surface area contributed by atoms with E-state index in [0.717, 1.165) is 21.2 Å². The van der Waals surface area contributed by atoms with E-state index in [9.17, 15) is 4.79 Å². The summed E-state index contributed by atoms with van der Waals surface area (Å²) in [6.07, 6.45) is 0.600. The van der Waals surface area contributed by atoms with E-state index < -0.39 is 5.60 Å².